The van der Waals surface area contributed by atoms with Gasteiger partial charge in [0.15, 0.2) is 5.78 Å². The summed E-state index contributed by atoms with van der Waals surface area (Å²) in [5.41, 5.74) is 1.55. The number of hydrogen-bond donors (Lipinski definition) is 0. The van der Waals surface area contributed by atoms with Crippen molar-refractivity contribution < 1.29 is 9.18 Å². The molecule has 1 aromatic carbocycles. The van der Waals surface area contributed by atoms with E-state index >= 15 is 0 Å². The van der Waals surface area contributed by atoms with Crippen LogP contribution in [0.5, 0.6) is 0 Å². The monoisotopic (exact) mass is 205 g/mol. The Bertz CT molecular complexity index is 426. The number of benzene rings is 1. The summed E-state index contributed by atoms with van der Waals surface area (Å²) in [4.78, 5) is 14.0. The van der Waals surface area contributed by atoms with Crippen LogP contribution in [0.2, 0.25) is 0 Å². The van der Waals surface area contributed by atoms with Crippen LogP contribution in [0.1, 0.15) is 28.8 Å². The van der Waals surface area contributed by atoms with Crippen molar-refractivity contribution in [3.05, 3.63) is 35.1 Å². The van der Waals surface area contributed by atoms with E-state index in [0.29, 0.717) is 18.2 Å². The minimum Gasteiger partial charge on any atom is -0.293 e. The molecule has 78 valence electrons. The van der Waals surface area contributed by atoms with Crippen LogP contribution in [0.15, 0.2) is 18.2 Å². The molecule has 0 atom stereocenters. The first-order valence-corrected chi connectivity index (χ1v) is 5.30. The van der Waals surface area contributed by atoms with Crippen molar-refractivity contribution >= 4 is 5.78 Å². The van der Waals surface area contributed by atoms with Crippen molar-refractivity contribution in [2.45, 2.75) is 25.4 Å². The maximum Gasteiger partial charge on any atom is 0.177 e. The Morgan fingerprint density at radius 2 is 2.07 bits per heavy atom. The third kappa shape index (κ3) is 1.57. The topological polar surface area (TPSA) is 20.3 Å². The Hall–Kier alpha value is -1.22. The van der Waals surface area contributed by atoms with Gasteiger partial charge in [0.25, 0.3) is 0 Å². The molecule has 1 aliphatic carbocycles. The van der Waals surface area contributed by atoms with Gasteiger partial charge in [-0.15, -0.1) is 0 Å². The van der Waals surface area contributed by atoms with Crippen molar-refractivity contribution in [3.63, 3.8) is 0 Å². The fourth-order valence-electron chi connectivity index (χ4n) is 2.19. The van der Waals surface area contributed by atoms with E-state index in [-0.39, 0.29) is 11.6 Å². The minimum absolute atomic E-state index is 0.0580. The lowest BCUT2D eigenvalue weighted by atomic mass is 9.98. The maximum atomic E-state index is 13.0. The molecule has 1 heterocycles. The molecule has 3 heteroatoms. The molecule has 2 nitrogen and oxygen atoms in total. The highest BCUT2D eigenvalue weighted by Gasteiger charge is 2.34. The van der Waals surface area contributed by atoms with Crippen LogP contribution >= 0.6 is 0 Å². The first-order chi connectivity index (χ1) is 7.24. The summed E-state index contributed by atoms with van der Waals surface area (Å²) < 4.78 is 13.0. The van der Waals surface area contributed by atoms with Crippen LogP contribution in [0.3, 0.4) is 0 Å². The second-order valence-corrected chi connectivity index (χ2v) is 4.36. The molecule has 0 saturated heterocycles. The second-order valence-electron chi connectivity index (χ2n) is 4.36. The van der Waals surface area contributed by atoms with Gasteiger partial charge in [-0.3, -0.25) is 9.69 Å². The quantitative estimate of drug-likeness (QED) is 0.698. The second kappa shape index (κ2) is 3.14. The summed E-state index contributed by atoms with van der Waals surface area (Å²) in [7, 11) is 0. The van der Waals surface area contributed by atoms with Crippen LogP contribution in [0.25, 0.3) is 0 Å². The van der Waals surface area contributed by atoms with Gasteiger partial charge >= 0.3 is 0 Å². The van der Waals surface area contributed by atoms with E-state index in [9.17, 15) is 9.18 Å². The van der Waals surface area contributed by atoms with E-state index in [4.69, 9.17) is 0 Å². The maximum absolute atomic E-state index is 13.0. The number of halogens is 1. The van der Waals surface area contributed by atoms with E-state index in [0.717, 1.165) is 12.1 Å². The SMILES string of the molecule is O=C1CN(C2CC2)Cc2ccc(F)cc21. The zero-order chi connectivity index (χ0) is 10.4. The summed E-state index contributed by atoms with van der Waals surface area (Å²) in [6.07, 6.45) is 2.40. The first kappa shape index (κ1) is 9.04. The summed E-state index contributed by atoms with van der Waals surface area (Å²) in [6, 6.07) is 5.12. The lowest BCUT2D eigenvalue weighted by molar-refractivity contribution is 0.0893. The molecule has 1 aliphatic heterocycles. The molecule has 1 aromatic rings. The average molecular weight is 205 g/mol. The van der Waals surface area contributed by atoms with Gasteiger partial charge < -0.3 is 0 Å². The summed E-state index contributed by atoms with van der Waals surface area (Å²) in [6.45, 7) is 1.26. The van der Waals surface area contributed by atoms with E-state index in [1.165, 1.54) is 25.0 Å². The fourth-order valence-corrected chi connectivity index (χ4v) is 2.19. The number of carbonyl (C=O) groups excluding carboxylic acids is 1. The van der Waals surface area contributed by atoms with Gasteiger partial charge in [-0.2, -0.15) is 0 Å². The van der Waals surface area contributed by atoms with Gasteiger partial charge in [-0.1, -0.05) is 6.07 Å². The van der Waals surface area contributed by atoms with Crippen LogP contribution in [0, 0.1) is 5.82 Å². The molecule has 0 amide bonds. The van der Waals surface area contributed by atoms with Crippen LogP contribution < -0.4 is 0 Å². The Morgan fingerprint density at radius 1 is 1.27 bits per heavy atom. The smallest absolute Gasteiger partial charge is 0.177 e. The Morgan fingerprint density at radius 3 is 2.80 bits per heavy atom. The molecule has 15 heavy (non-hydrogen) atoms. The van der Waals surface area contributed by atoms with Crippen molar-refractivity contribution in [2.24, 2.45) is 0 Å². The number of hydrogen-bond acceptors (Lipinski definition) is 2. The van der Waals surface area contributed by atoms with Gasteiger partial charge in [0.1, 0.15) is 5.82 Å². The van der Waals surface area contributed by atoms with Crippen molar-refractivity contribution in [1.29, 1.82) is 0 Å². The van der Waals surface area contributed by atoms with Crippen LogP contribution in [-0.4, -0.2) is 23.3 Å². The molecule has 0 bridgehead atoms. The number of rotatable bonds is 1. The van der Waals surface area contributed by atoms with Crippen molar-refractivity contribution in [2.75, 3.05) is 6.54 Å². The number of fused-ring (bicyclic) bond motifs is 1. The Kier molecular flexibility index (Phi) is 1.89. The van der Waals surface area contributed by atoms with E-state index in [1.54, 1.807) is 6.07 Å². The molecule has 0 unspecified atom stereocenters. The van der Waals surface area contributed by atoms with Gasteiger partial charge in [0, 0.05) is 18.2 Å². The van der Waals surface area contributed by atoms with Crippen molar-refractivity contribution in [3.8, 4) is 0 Å². The van der Waals surface area contributed by atoms with Gasteiger partial charge in [0.05, 0.1) is 6.54 Å². The molecule has 0 N–H and O–H groups in total. The molecule has 0 radical (unpaired) electrons. The predicted molar refractivity (Wildman–Crippen MR) is 54.2 cm³/mol. The highest BCUT2D eigenvalue weighted by Crippen LogP contribution is 2.31. The standard InChI is InChI=1S/C12H12FNO/c13-9-2-1-8-6-14(10-3-4-10)7-12(15)11(8)5-9/h1-2,5,10H,3-4,6-7H2. The largest absolute Gasteiger partial charge is 0.293 e. The molecule has 0 aromatic heterocycles. The molecular weight excluding hydrogens is 193 g/mol. The third-order valence-electron chi connectivity index (χ3n) is 3.16. The summed E-state index contributed by atoms with van der Waals surface area (Å²) >= 11 is 0. The van der Waals surface area contributed by atoms with E-state index < -0.39 is 0 Å². The van der Waals surface area contributed by atoms with Crippen LogP contribution in [-0.2, 0) is 6.54 Å². The molecule has 1 fully saturated rings. The van der Waals surface area contributed by atoms with Crippen LogP contribution in [0.4, 0.5) is 4.39 Å². The highest BCUT2D eigenvalue weighted by atomic mass is 19.1. The fraction of sp³-hybridized carbons (Fsp3) is 0.417. The summed E-state index contributed by atoms with van der Waals surface area (Å²) in [5.74, 6) is -0.260. The Balaban J connectivity index is 1.96. The molecule has 2 aliphatic rings. The Labute approximate surface area is 87.7 Å². The van der Waals surface area contributed by atoms with E-state index in [1.807, 2.05) is 0 Å². The number of nitrogens with zero attached hydrogens (tertiary/aromatic N) is 1. The van der Waals surface area contributed by atoms with Gasteiger partial charge in [-0.05, 0) is 30.5 Å². The molecular formula is C12H12FNO. The molecule has 0 spiro atoms. The zero-order valence-corrected chi connectivity index (χ0v) is 8.37. The minimum atomic E-state index is -0.318. The first-order valence-electron chi connectivity index (χ1n) is 5.30. The lowest BCUT2D eigenvalue weighted by Crippen LogP contribution is -2.36. The van der Waals surface area contributed by atoms with E-state index in [2.05, 4.69) is 4.90 Å². The number of carbonyl (C=O) groups is 1. The molecule has 1 saturated carbocycles. The highest BCUT2D eigenvalue weighted by molar-refractivity contribution is 5.99. The predicted octanol–water partition coefficient (Wildman–Crippen LogP) is 1.99. The number of Topliss-reactive ketones (excluding diaryl/α,β-unsaturated/α-hetero) is 1. The van der Waals surface area contributed by atoms with Gasteiger partial charge in [0.2, 0.25) is 0 Å². The summed E-state index contributed by atoms with van der Waals surface area (Å²) in [5, 5.41) is 0. The number of ketones is 1. The third-order valence-corrected chi connectivity index (χ3v) is 3.16. The molecule has 3 rings (SSSR count). The van der Waals surface area contributed by atoms with Crippen molar-refractivity contribution in [1.82, 2.24) is 4.90 Å². The average Bonchev–Trinajstić information content (AvgIpc) is 3.02. The zero-order valence-electron chi connectivity index (χ0n) is 8.37. The lowest BCUT2D eigenvalue weighted by Gasteiger charge is -2.27. The van der Waals surface area contributed by atoms with Gasteiger partial charge in [-0.25, -0.2) is 4.39 Å². The normalized spacial score (nSPS) is 21.5.